The minimum Gasteiger partial charge on any atom is -0.497 e. The molecule has 2 aromatic rings. The highest BCUT2D eigenvalue weighted by Crippen LogP contribution is 2.27. The molecule has 0 radical (unpaired) electrons. The van der Waals surface area contributed by atoms with Crippen molar-refractivity contribution in [3.05, 3.63) is 41.6 Å². The SMILES string of the molecule is COc1ccc(C(=O)Nc2cc(C)nn2C2CCS(=O)(=O)C2)cc1. The summed E-state index contributed by atoms with van der Waals surface area (Å²) in [4.78, 5) is 12.4. The maximum absolute atomic E-state index is 12.4. The van der Waals surface area contributed by atoms with E-state index in [1.165, 1.54) is 0 Å². The first-order valence-electron chi connectivity index (χ1n) is 7.60. The van der Waals surface area contributed by atoms with Crippen LogP contribution >= 0.6 is 0 Å². The highest BCUT2D eigenvalue weighted by atomic mass is 32.2. The van der Waals surface area contributed by atoms with Crippen molar-refractivity contribution >= 4 is 21.6 Å². The molecule has 1 saturated heterocycles. The van der Waals surface area contributed by atoms with Gasteiger partial charge in [0.1, 0.15) is 11.6 Å². The Morgan fingerprint density at radius 2 is 2.04 bits per heavy atom. The minimum atomic E-state index is -3.03. The molecule has 1 aromatic carbocycles. The van der Waals surface area contributed by atoms with E-state index in [2.05, 4.69) is 10.4 Å². The summed E-state index contributed by atoms with van der Waals surface area (Å²) in [5.74, 6) is 1.11. The van der Waals surface area contributed by atoms with Gasteiger partial charge in [-0.3, -0.25) is 4.79 Å². The first-order chi connectivity index (χ1) is 11.4. The third-order valence-electron chi connectivity index (χ3n) is 4.01. The molecule has 3 rings (SSSR count). The molecule has 0 saturated carbocycles. The largest absolute Gasteiger partial charge is 0.497 e. The number of nitrogens with one attached hydrogen (secondary N) is 1. The molecule has 1 aliphatic heterocycles. The summed E-state index contributed by atoms with van der Waals surface area (Å²) < 4.78 is 30.1. The van der Waals surface area contributed by atoms with E-state index in [9.17, 15) is 13.2 Å². The lowest BCUT2D eigenvalue weighted by atomic mass is 10.2. The molecule has 0 aliphatic carbocycles. The third kappa shape index (κ3) is 3.43. The van der Waals surface area contributed by atoms with E-state index in [1.807, 2.05) is 6.92 Å². The summed E-state index contributed by atoms with van der Waals surface area (Å²) in [6.45, 7) is 1.81. The van der Waals surface area contributed by atoms with E-state index in [0.29, 0.717) is 23.6 Å². The van der Waals surface area contributed by atoms with Crippen LogP contribution in [0.3, 0.4) is 0 Å². The predicted octanol–water partition coefficient (Wildman–Crippen LogP) is 1.81. The number of carbonyl (C=O) groups excluding carboxylic acids is 1. The molecule has 0 bridgehead atoms. The Balaban J connectivity index is 1.81. The lowest BCUT2D eigenvalue weighted by molar-refractivity contribution is 0.102. The number of carbonyl (C=O) groups is 1. The molecule has 1 aliphatic rings. The summed E-state index contributed by atoms with van der Waals surface area (Å²) in [6, 6.07) is 8.26. The Hall–Kier alpha value is -2.35. The van der Waals surface area contributed by atoms with Crippen molar-refractivity contribution in [1.29, 1.82) is 0 Å². The summed E-state index contributed by atoms with van der Waals surface area (Å²) in [6.07, 6.45) is 0.509. The van der Waals surface area contributed by atoms with Crippen molar-refractivity contribution in [2.24, 2.45) is 0 Å². The molecule has 7 nitrogen and oxygen atoms in total. The van der Waals surface area contributed by atoms with Crippen LogP contribution in [0.25, 0.3) is 0 Å². The number of hydrogen-bond donors (Lipinski definition) is 1. The van der Waals surface area contributed by atoms with Crippen LogP contribution < -0.4 is 10.1 Å². The van der Waals surface area contributed by atoms with E-state index >= 15 is 0 Å². The average molecular weight is 349 g/mol. The van der Waals surface area contributed by atoms with Gasteiger partial charge in [0.15, 0.2) is 9.84 Å². The van der Waals surface area contributed by atoms with Crippen LogP contribution in [0.4, 0.5) is 5.82 Å². The molecule has 128 valence electrons. The van der Waals surface area contributed by atoms with Crippen molar-refractivity contribution in [1.82, 2.24) is 9.78 Å². The number of benzene rings is 1. The summed E-state index contributed by atoms with van der Waals surface area (Å²) >= 11 is 0. The fourth-order valence-corrected chi connectivity index (χ4v) is 4.48. The molecular formula is C16H19N3O4S. The Morgan fingerprint density at radius 3 is 2.62 bits per heavy atom. The molecule has 0 spiro atoms. The summed E-state index contributed by atoms with van der Waals surface area (Å²) in [7, 11) is -1.47. The molecule has 1 aromatic heterocycles. The number of ether oxygens (including phenoxy) is 1. The van der Waals surface area contributed by atoms with Crippen LogP contribution in [-0.2, 0) is 9.84 Å². The molecule has 2 heterocycles. The van der Waals surface area contributed by atoms with Crippen LogP contribution in [0.15, 0.2) is 30.3 Å². The van der Waals surface area contributed by atoms with Gasteiger partial charge in [-0.1, -0.05) is 0 Å². The number of methoxy groups -OCH3 is 1. The zero-order valence-electron chi connectivity index (χ0n) is 13.5. The number of hydrogen-bond acceptors (Lipinski definition) is 5. The molecule has 1 unspecified atom stereocenters. The number of amides is 1. The second kappa shape index (κ2) is 6.27. The molecule has 1 N–H and O–H groups in total. The van der Waals surface area contributed by atoms with Gasteiger partial charge in [-0.05, 0) is 37.6 Å². The van der Waals surface area contributed by atoms with Gasteiger partial charge in [0.2, 0.25) is 0 Å². The number of aromatic nitrogens is 2. The standard InChI is InChI=1S/C16H19N3O4S/c1-11-9-15(19(18-11)13-7-8-24(21,22)10-13)17-16(20)12-3-5-14(23-2)6-4-12/h3-6,9,13H,7-8,10H2,1-2H3,(H,17,20). The predicted molar refractivity (Wildman–Crippen MR) is 90.2 cm³/mol. The molecule has 1 amide bonds. The fraction of sp³-hybridized carbons (Fsp3) is 0.375. The van der Waals surface area contributed by atoms with Gasteiger partial charge in [0.05, 0.1) is 30.4 Å². The number of anilines is 1. The van der Waals surface area contributed by atoms with Crippen molar-refractivity contribution in [2.45, 2.75) is 19.4 Å². The molecule has 8 heteroatoms. The lowest BCUT2D eigenvalue weighted by Crippen LogP contribution is -2.19. The van der Waals surface area contributed by atoms with Gasteiger partial charge in [-0.25, -0.2) is 13.1 Å². The zero-order valence-corrected chi connectivity index (χ0v) is 14.3. The molecule has 1 fully saturated rings. The second-order valence-electron chi connectivity index (χ2n) is 5.86. The molecular weight excluding hydrogens is 330 g/mol. The maximum Gasteiger partial charge on any atom is 0.256 e. The van der Waals surface area contributed by atoms with Gasteiger partial charge in [0.25, 0.3) is 5.91 Å². The van der Waals surface area contributed by atoms with E-state index in [0.717, 1.165) is 5.69 Å². The Bertz CT molecular complexity index is 856. The van der Waals surface area contributed by atoms with Crippen molar-refractivity contribution < 1.29 is 17.9 Å². The molecule has 1 atom stereocenters. The van der Waals surface area contributed by atoms with Crippen LogP contribution in [-0.4, -0.2) is 42.7 Å². The maximum atomic E-state index is 12.4. The fourth-order valence-electron chi connectivity index (χ4n) is 2.79. The highest BCUT2D eigenvalue weighted by molar-refractivity contribution is 7.91. The van der Waals surface area contributed by atoms with E-state index in [1.54, 1.807) is 42.1 Å². The number of nitrogens with zero attached hydrogens (tertiary/aromatic N) is 2. The van der Waals surface area contributed by atoms with Crippen LogP contribution in [0.1, 0.15) is 28.5 Å². The van der Waals surface area contributed by atoms with Crippen LogP contribution in [0.2, 0.25) is 0 Å². The van der Waals surface area contributed by atoms with E-state index < -0.39 is 9.84 Å². The number of sulfone groups is 1. The topological polar surface area (TPSA) is 90.3 Å². The monoisotopic (exact) mass is 349 g/mol. The van der Waals surface area contributed by atoms with E-state index in [4.69, 9.17) is 4.74 Å². The Morgan fingerprint density at radius 1 is 1.33 bits per heavy atom. The smallest absolute Gasteiger partial charge is 0.256 e. The van der Waals surface area contributed by atoms with Gasteiger partial charge in [-0.15, -0.1) is 0 Å². The van der Waals surface area contributed by atoms with Crippen LogP contribution in [0.5, 0.6) is 5.75 Å². The van der Waals surface area contributed by atoms with Gasteiger partial charge in [-0.2, -0.15) is 5.10 Å². The first kappa shape index (κ1) is 16.5. The number of rotatable bonds is 4. The third-order valence-corrected chi connectivity index (χ3v) is 5.76. The van der Waals surface area contributed by atoms with Crippen molar-refractivity contribution in [3.63, 3.8) is 0 Å². The Labute approximate surface area is 140 Å². The van der Waals surface area contributed by atoms with Gasteiger partial charge >= 0.3 is 0 Å². The summed E-state index contributed by atoms with van der Waals surface area (Å²) in [5, 5.41) is 7.17. The quantitative estimate of drug-likeness (QED) is 0.909. The molecule has 24 heavy (non-hydrogen) atoms. The lowest BCUT2D eigenvalue weighted by Gasteiger charge is -2.14. The normalized spacial score (nSPS) is 19.2. The highest BCUT2D eigenvalue weighted by Gasteiger charge is 2.31. The van der Waals surface area contributed by atoms with Crippen molar-refractivity contribution in [3.8, 4) is 5.75 Å². The second-order valence-corrected chi connectivity index (χ2v) is 8.08. The van der Waals surface area contributed by atoms with E-state index in [-0.39, 0.29) is 23.5 Å². The van der Waals surface area contributed by atoms with Gasteiger partial charge < -0.3 is 10.1 Å². The minimum absolute atomic E-state index is 0.0551. The van der Waals surface area contributed by atoms with Crippen LogP contribution in [0, 0.1) is 6.92 Å². The van der Waals surface area contributed by atoms with Crippen molar-refractivity contribution in [2.75, 3.05) is 23.9 Å². The Kier molecular flexibility index (Phi) is 4.31. The first-order valence-corrected chi connectivity index (χ1v) is 9.42. The number of aryl methyl sites for hydroxylation is 1. The zero-order chi connectivity index (χ0) is 17.3. The summed E-state index contributed by atoms with van der Waals surface area (Å²) in [5.41, 5.74) is 1.21. The average Bonchev–Trinajstić information content (AvgIpc) is 3.09. The van der Waals surface area contributed by atoms with Gasteiger partial charge in [0, 0.05) is 11.6 Å².